The first-order valence-electron chi connectivity index (χ1n) is 7.03. The highest BCUT2D eigenvalue weighted by molar-refractivity contribution is 5.42. The van der Waals surface area contributed by atoms with E-state index in [9.17, 15) is 0 Å². The van der Waals surface area contributed by atoms with Crippen molar-refractivity contribution < 1.29 is 4.74 Å². The molecule has 0 N–H and O–H groups in total. The van der Waals surface area contributed by atoms with Crippen molar-refractivity contribution >= 4 is 0 Å². The minimum absolute atomic E-state index is 0.132. The molecule has 1 atom stereocenters. The van der Waals surface area contributed by atoms with Crippen molar-refractivity contribution in [3.05, 3.63) is 64.7 Å². The van der Waals surface area contributed by atoms with Gasteiger partial charge in [-0.25, -0.2) is 0 Å². The first-order chi connectivity index (χ1) is 9.78. The lowest BCUT2D eigenvalue weighted by molar-refractivity contribution is 0.183. The fraction of sp³-hybridized carbons (Fsp3) is 0.278. The van der Waals surface area contributed by atoms with Crippen LogP contribution in [0, 0.1) is 18.3 Å². The first-order valence-corrected chi connectivity index (χ1v) is 7.03. The lowest BCUT2D eigenvalue weighted by atomic mass is 9.89. The number of hydrogen-bond donors (Lipinski definition) is 0. The van der Waals surface area contributed by atoms with E-state index in [0.29, 0.717) is 5.56 Å². The molecular weight excluding hydrogens is 246 g/mol. The molecule has 0 radical (unpaired) electrons. The van der Waals surface area contributed by atoms with Crippen molar-refractivity contribution in [3.8, 4) is 11.8 Å². The van der Waals surface area contributed by atoms with Crippen molar-refractivity contribution in [1.82, 2.24) is 0 Å². The van der Waals surface area contributed by atoms with Crippen LogP contribution in [0.15, 0.2) is 42.5 Å². The number of aryl methyl sites for hydroxylation is 2. The summed E-state index contributed by atoms with van der Waals surface area (Å²) < 4.78 is 6.15. The van der Waals surface area contributed by atoms with Crippen LogP contribution >= 0.6 is 0 Å². The molecule has 2 aromatic rings. The predicted octanol–water partition coefficient (Wildman–Crippen LogP) is 4.32. The average molecular weight is 263 g/mol. The summed E-state index contributed by atoms with van der Waals surface area (Å²) in [5.41, 5.74) is 4.38. The Labute approximate surface area is 119 Å². The van der Waals surface area contributed by atoms with Gasteiger partial charge in [0.15, 0.2) is 0 Å². The molecule has 0 heterocycles. The monoisotopic (exact) mass is 263 g/mol. The lowest BCUT2D eigenvalue weighted by Crippen LogP contribution is -2.15. The van der Waals surface area contributed by atoms with Gasteiger partial charge >= 0.3 is 0 Å². The van der Waals surface area contributed by atoms with Crippen molar-refractivity contribution in [2.24, 2.45) is 0 Å². The third-order valence-electron chi connectivity index (χ3n) is 3.91. The zero-order valence-electron chi connectivity index (χ0n) is 11.6. The molecule has 1 aliphatic carbocycles. The van der Waals surface area contributed by atoms with E-state index in [1.54, 1.807) is 0 Å². The van der Waals surface area contributed by atoms with Crippen LogP contribution < -0.4 is 4.74 Å². The third kappa shape index (κ3) is 2.40. The summed E-state index contributed by atoms with van der Waals surface area (Å²) in [5, 5.41) is 8.97. The molecular formula is C18H17NO. The maximum Gasteiger partial charge on any atom is 0.124 e. The Morgan fingerprint density at radius 2 is 2.05 bits per heavy atom. The van der Waals surface area contributed by atoms with E-state index >= 15 is 0 Å². The summed E-state index contributed by atoms with van der Waals surface area (Å²) in [4.78, 5) is 0. The van der Waals surface area contributed by atoms with Gasteiger partial charge in [-0.3, -0.25) is 0 Å². The van der Waals surface area contributed by atoms with Crippen molar-refractivity contribution in [3.63, 3.8) is 0 Å². The van der Waals surface area contributed by atoms with Crippen molar-refractivity contribution in [2.75, 3.05) is 0 Å². The normalized spacial score (nSPS) is 17.1. The quantitative estimate of drug-likeness (QED) is 0.808. The Kier molecular flexibility index (Phi) is 3.43. The molecule has 0 saturated heterocycles. The molecule has 0 amide bonds. The van der Waals surface area contributed by atoms with E-state index in [-0.39, 0.29) is 6.10 Å². The van der Waals surface area contributed by atoms with Gasteiger partial charge in [0.25, 0.3) is 0 Å². The van der Waals surface area contributed by atoms with Gasteiger partial charge in [-0.05, 0) is 61.1 Å². The molecule has 0 aliphatic heterocycles. The van der Waals surface area contributed by atoms with Gasteiger partial charge in [0.2, 0.25) is 0 Å². The third-order valence-corrected chi connectivity index (χ3v) is 3.91. The molecule has 100 valence electrons. The Morgan fingerprint density at radius 3 is 2.85 bits per heavy atom. The summed E-state index contributed by atoms with van der Waals surface area (Å²) in [6.07, 6.45) is 3.49. The minimum atomic E-state index is 0.132. The van der Waals surface area contributed by atoms with Gasteiger partial charge in [-0.1, -0.05) is 24.3 Å². The lowest BCUT2D eigenvalue weighted by Gasteiger charge is -2.26. The van der Waals surface area contributed by atoms with E-state index < -0.39 is 0 Å². The summed E-state index contributed by atoms with van der Waals surface area (Å²) in [5.74, 6) is 0.850. The molecule has 2 nitrogen and oxygen atoms in total. The van der Waals surface area contributed by atoms with Gasteiger partial charge in [0.1, 0.15) is 11.9 Å². The van der Waals surface area contributed by atoms with Crippen LogP contribution in [0.5, 0.6) is 5.75 Å². The van der Waals surface area contributed by atoms with E-state index in [1.807, 2.05) is 25.1 Å². The maximum atomic E-state index is 8.97. The molecule has 0 fully saturated rings. The number of nitrogens with zero attached hydrogens (tertiary/aromatic N) is 1. The fourth-order valence-electron chi connectivity index (χ4n) is 2.83. The van der Waals surface area contributed by atoms with Crippen molar-refractivity contribution in [1.29, 1.82) is 5.26 Å². The molecule has 0 saturated carbocycles. The van der Waals surface area contributed by atoms with Crippen LogP contribution in [0.3, 0.4) is 0 Å². The van der Waals surface area contributed by atoms with Crippen LogP contribution in [0.2, 0.25) is 0 Å². The Hall–Kier alpha value is -2.27. The minimum Gasteiger partial charge on any atom is -0.486 e. The summed E-state index contributed by atoms with van der Waals surface area (Å²) in [7, 11) is 0. The van der Waals surface area contributed by atoms with Crippen LogP contribution in [0.4, 0.5) is 0 Å². The highest BCUT2D eigenvalue weighted by atomic mass is 16.5. The SMILES string of the molecule is Cc1cc(OC2CCCc3ccccc32)ccc1C#N. The highest BCUT2D eigenvalue weighted by Crippen LogP contribution is 2.33. The van der Waals surface area contributed by atoms with Crippen LogP contribution in [0.25, 0.3) is 0 Å². The van der Waals surface area contributed by atoms with Crippen LogP contribution in [-0.2, 0) is 6.42 Å². The second kappa shape index (κ2) is 5.38. The molecule has 1 unspecified atom stereocenters. The molecule has 2 aromatic carbocycles. The topological polar surface area (TPSA) is 33.0 Å². The number of ether oxygens (including phenoxy) is 1. The van der Waals surface area contributed by atoms with Gasteiger partial charge in [-0.15, -0.1) is 0 Å². The highest BCUT2D eigenvalue weighted by Gasteiger charge is 2.21. The molecule has 0 aromatic heterocycles. The number of benzene rings is 2. The van der Waals surface area contributed by atoms with Gasteiger partial charge in [0.05, 0.1) is 11.6 Å². The van der Waals surface area contributed by atoms with E-state index in [4.69, 9.17) is 10.00 Å². The summed E-state index contributed by atoms with van der Waals surface area (Å²) in [6, 6.07) is 16.4. The number of hydrogen-bond acceptors (Lipinski definition) is 2. The van der Waals surface area contributed by atoms with Gasteiger partial charge in [0, 0.05) is 0 Å². The van der Waals surface area contributed by atoms with Crippen LogP contribution in [-0.4, -0.2) is 0 Å². The molecule has 2 heteroatoms. The van der Waals surface area contributed by atoms with Gasteiger partial charge < -0.3 is 4.74 Å². The van der Waals surface area contributed by atoms with E-state index in [1.165, 1.54) is 11.1 Å². The second-order valence-electron chi connectivity index (χ2n) is 5.29. The average Bonchev–Trinajstić information content (AvgIpc) is 2.48. The maximum absolute atomic E-state index is 8.97. The number of nitriles is 1. The summed E-state index contributed by atoms with van der Waals surface area (Å²) in [6.45, 7) is 1.94. The molecule has 0 bridgehead atoms. The Balaban J connectivity index is 1.86. The van der Waals surface area contributed by atoms with E-state index in [2.05, 4.69) is 30.3 Å². The standard InChI is InChI=1S/C18H17NO/c1-13-11-16(10-9-15(13)12-19)20-18-8-4-6-14-5-2-3-7-17(14)18/h2-3,5,7,9-11,18H,4,6,8H2,1H3. The molecule has 1 aliphatic rings. The largest absolute Gasteiger partial charge is 0.486 e. The van der Waals surface area contributed by atoms with Gasteiger partial charge in [-0.2, -0.15) is 5.26 Å². The molecule has 3 rings (SSSR count). The number of fused-ring (bicyclic) bond motifs is 1. The Bertz CT molecular complexity index is 669. The predicted molar refractivity (Wildman–Crippen MR) is 78.6 cm³/mol. The Morgan fingerprint density at radius 1 is 1.20 bits per heavy atom. The van der Waals surface area contributed by atoms with Crippen LogP contribution in [0.1, 0.15) is 41.2 Å². The zero-order valence-corrected chi connectivity index (χ0v) is 11.6. The van der Waals surface area contributed by atoms with E-state index in [0.717, 1.165) is 30.6 Å². The summed E-state index contributed by atoms with van der Waals surface area (Å²) >= 11 is 0. The first kappa shape index (κ1) is 12.7. The van der Waals surface area contributed by atoms with Crippen molar-refractivity contribution in [2.45, 2.75) is 32.3 Å². The molecule has 20 heavy (non-hydrogen) atoms. The smallest absolute Gasteiger partial charge is 0.124 e. The zero-order chi connectivity index (χ0) is 13.9. The fourth-order valence-corrected chi connectivity index (χ4v) is 2.83. The number of rotatable bonds is 2. The molecule has 0 spiro atoms. The second-order valence-corrected chi connectivity index (χ2v) is 5.29.